The molecule has 2 aliphatic rings. The van der Waals surface area contributed by atoms with Gasteiger partial charge in [0.2, 0.25) is 5.91 Å². The normalized spacial score (nSPS) is 20.0. The van der Waals surface area contributed by atoms with E-state index in [-0.39, 0.29) is 17.9 Å². The number of ether oxygens (including phenoxy) is 1. The minimum absolute atomic E-state index is 0.0687. The van der Waals surface area contributed by atoms with Gasteiger partial charge in [0.25, 0.3) is 5.91 Å². The number of amides is 2. The van der Waals surface area contributed by atoms with Gasteiger partial charge in [-0.05, 0) is 22.9 Å². The van der Waals surface area contributed by atoms with Gasteiger partial charge in [-0.3, -0.25) is 14.5 Å². The third kappa shape index (κ3) is 4.39. The van der Waals surface area contributed by atoms with Crippen molar-refractivity contribution in [3.05, 3.63) is 47.5 Å². The molecule has 0 aliphatic carbocycles. The zero-order valence-electron chi connectivity index (χ0n) is 16.3. The number of morpholine rings is 1. The molecular formula is C22H24N4O3. The average Bonchev–Trinajstić information content (AvgIpc) is 3.10. The zero-order chi connectivity index (χ0) is 20.2. The molecule has 2 fully saturated rings. The molecule has 7 nitrogen and oxygen atoms in total. The number of nitrogens with zero attached hydrogens (tertiary/aromatic N) is 3. The summed E-state index contributed by atoms with van der Waals surface area (Å²) in [6, 6.07) is 12.8. The predicted molar refractivity (Wildman–Crippen MR) is 108 cm³/mol. The number of hydrogen-bond acceptors (Lipinski definition) is 5. The van der Waals surface area contributed by atoms with E-state index in [1.165, 1.54) is 0 Å². The third-order valence-electron chi connectivity index (χ3n) is 5.58. The first-order valence-electron chi connectivity index (χ1n) is 9.95. The first-order valence-corrected chi connectivity index (χ1v) is 9.95. The number of rotatable bonds is 5. The van der Waals surface area contributed by atoms with E-state index in [9.17, 15) is 14.9 Å². The molecule has 7 heteroatoms. The van der Waals surface area contributed by atoms with Crippen molar-refractivity contribution in [2.75, 3.05) is 45.9 Å². The summed E-state index contributed by atoms with van der Waals surface area (Å²) < 4.78 is 5.35. The second-order valence-electron chi connectivity index (χ2n) is 7.53. The van der Waals surface area contributed by atoms with E-state index in [1.807, 2.05) is 29.2 Å². The molecule has 0 aromatic heterocycles. The molecule has 0 saturated carbocycles. The third-order valence-corrected chi connectivity index (χ3v) is 5.58. The summed E-state index contributed by atoms with van der Waals surface area (Å²) in [5.41, 5.74) is 0.919. The van der Waals surface area contributed by atoms with E-state index in [4.69, 9.17) is 4.74 Å². The van der Waals surface area contributed by atoms with Crippen LogP contribution < -0.4 is 5.32 Å². The van der Waals surface area contributed by atoms with Crippen LogP contribution in [0.15, 0.2) is 36.4 Å². The molecule has 1 unspecified atom stereocenters. The fourth-order valence-electron chi connectivity index (χ4n) is 4.00. The van der Waals surface area contributed by atoms with Crippen LogP contribution >= 0.6 is 0 Å². The number of nitrogens with one attached hydrogen (secondary N) is 1. The maximum Gasteiger partial charge on any atom is 0.252 e. The average molecular weight is 392 g/mol. The van der Waals surface area contributed by atoms with Gasteiger partial charge in [0.1, 0.15) is 0 Å². The Bertz CT molecular complexity index is 962. The lowest BCUT2D eigenvalue weighted by Gasteiger charge is -2.28. The summed E-state index contributed by atoms with van der Waals surface area (Å²) >= 11 is 0. The maximum atomic E-state index is 12.9. The van der Waals surface area contributed by atoms with Crippen molar-refractivity contribution in [3.63, 3.8) is 0 Å². The number of carbonyl (C=O) groups excluding carboxylic acids is 2. The second kappa shape index (κ2) is 8.60. The van der Waals surface area contributed by atoms with Crippen molar-refractivity contribution in [1.82, 2.24) is 15.1 Å². The minimum atomic E-state index is -0.244. The van der Waals surface area contributed by atoms with Gasteiger partial charge >= 0.3 is 0 Å². The molecule has 2 saturated heterocycles. The summed E-state index contributed by atoms with van der Waals surface area (Å²) in [7, 11) is 0. The second-order valence-corrected chi connectivity index (χ2v) is 7.53. The molecule has 1 atom stereocenters. The van der Waals surface area contributed by atoms with Crippen LogP contribution in [0.25, 0.3) is 10.8 Å². The van der Waals surface area contributed by atoms with Crippen LogP contribution in [0.5, 0.6) is 0 Å². The molecule has 2 amide bonds. The summed E-state index contributed by atoms with van der Waals surface area (Å²) in [5, 5.41) is 13.9. The van der Waals surface area contributed by atoms with Gasteiger partial charge in [-0.25, -0.2) is 0 Å². The standard InChI is InChI=1S/C22H24N4O3/c23-14-16-11-17-3-1-2-4-19(17)20(12-16)22(28)24-18-13-21(27)26(15-18)6-5-25-7-9-29-10-8-25/h1-4,11-12,18H,5-10,13,15H2,(H,24,28). The van der Waals surface area contributed by atoms with E-state index in [2.05, 4.69) is 16.3 Å². The highest BCUT2D eigenvalue weighted by Crippen LogP contribution is 2.22. The van der Waals surface area contributed by atoms with Crippen LogP contribution in [0.3, 0.4) is 0 Å². The van der Waals surface area contributed by atoms with Crippen LogP contribution in [0.2, 0.25) is 0 Å². The van der Waals surface area contributed by atoms with E-state index in [0.717, 1.165) is 43.6 Å². The summed E-state index contributed by atoms with van der Waals surface area (Å²) in [6.45, 7) is 5.27. The van der Waals surface area contributed by atoms with Crippen LogP contribution in [-0.2, 0) is 9.53 Å². The van der Waals surface area contributed by atoms with Crippen molar-refractivity contribution < 1.29 is 14.3 Å². The number of nitriles is 1. The van der Waals surface area contributed by atoms with Gasteiger partial charge in [0, 0.05) is 44.7 Å². The highest BCUT2D eigenvalue weighted by Gasteiger charge is 2.31. The predicted octanol–water partition coefficient (Wildman–Crippen LogP) is 1.37. The van der Waals surface area contributed by atoms with Crippen LogP contribution in [-0.4, -0.2) is 73.6 Å². The molecule has 2 aromatic carbocycles. The smallest absolute Gasteiger partial charge is 0.252 e. The molecule has 4 rings (SSSR count). The summed E-state index contributed by atoms with van der Waals surface area (Å²) in [5.74, 6) is -0.176. The molecule has 2 aromatic rings. The van der Waals surface area contributed by atoms with Crippen molar-refractivity contribution in [3.8, 4) is 6.07 Å². The fourth-order valence-corrected chi connectivity index (χ4v) is 4.00. The first-order chi connectivity index (χ1) is 14.1. The molecule has 1 N–H and O–H groups in total. The number of fused-ring (bicyclic) bond motifs is 1. The minimum Gasteiger partial charge on any atom is -0.379 e. The number of hydrogen-bond donors (Lipinski definition) is 1. The monoisotopic (exact) mass is 392 g/mol. The molecule has 2 heterocycles. The topological polar surface area (TPSA) is 85.7 Å². The molecule has 29 heavy (non-hydrogen) atoms. The van der Waals surface area contributed by atoms with Crippen molar-refractivity contribution in [2.24, 2.45) is 0 Å². The lowest BCUT2D eigenvalue weighted by molar-refractivity contribution is -0.128. The largest absolute Gasteiger partial charge is 0.379 e. The van der Waals surface area contributed by atoms with Gasteiger partial charge in [-0.2, -0.15) is 5.26 Å². The number of likely N-dealkylation sites (tertiary alicyclic amines) is 1. The van der Waals surface area contributed by atoms with Gasteiger partial charge in [0.05, 0.1) is 30.9 Å². The first kappa shape index (κ1) is 19.4. The molecule has 0 bridgehead atoms. The SMILES string of the molecule is N#Cc1cc(C(=O)NC2CC(=O)N(CCN3CCOCC3)C2)c2ccccc2c1. The highest BCUT2D eigenvalue weighted by molar-refractivity contribution is 6.07. The van der Waals surface area contributed by atoms with Crippen LogP contribution in [0, 0.1) is 11.3 Å². The van der Waals surface area contributed by atoms with Gasteiger partial charge < -0.3 is 15.0 Å². The Hall–Kier alpha value is -2.95. The summed E-state index contributed by atoms with van der Waals surface area (Å²) in [4.78, 5) is 29.4. The quantitative estimate of drug-likeness (QED) is 0.831. The van der Waals surface area contributed by atoms with Gasteiger partial charge in [0.15, 0.2) is 0 Å². The fraction of sp³-hybridized carbons (Fsp3) is 0.409. The Morgan fingerprint density at radius 2 is 2.00 bits per heavy atom. The Kier molecular flexibility index (Phi) is 5.74. The molecule has 2 aliphatic heterocycles. The lowest BCUT2D eigenvalue weighted by atomic mass is 10.0. The van der Waals surface area contributed by atoms with E-state index >= 15 is 0 Å². The van der Waals surface area contributed by atoms with Crippen LogP contribution in [0.4, 0.5) is 0 Å². The Balaban J connectivity index is 1.41. The molecule has 150 valence electrons. The van der Waals surface area contributed by atoms with E-state index in [1.54, 1.807) is 12.1 Å². The maximum absolute atomic E-state index is 12.9. The highest BCUT2D eigenvalue weighted by atomic mass is 16.5. The number of benzene rings is 2. The molecule has 0 spiro atoms. The van der Waals surface area contributed by atoms with Crippen LogP contribution in [0.1, 0.15) is 22.3 Å². The Morgan fingerprint density at radius 1 is 1.21 bits per heavy atom. The van der Waals surface area contributed by atoms with Crippen molar-refractivity contribution >= 4 is 22.6 Å². The van der Waals surface area contributed by atoms with Crippen molar-refractivity contribution in [1.29, 1.82) is 5.26 Å². The van der Waals surface area contributed by atoms with Gasteiger partial charge in [-0.15, -0.1) is 0 Å². The summed E-state index contributed by atoms with van der Waals surface area (Å²) in [6.07, 6.45) is 0.310. The Labute approximate surface area is 169 Å². The lowest BCUT2D eigenvalue weighted by Crippen LogP contribution is -2.42. The number of carbonyl (C=O) groups is 2. The van der Waals surface area contributed by atoms with E-state index in [0.29, 0.717) is 30.6 Å². The van der Waals surface area contributed by atoms with E-state index < -0.39 is 0 Å². The van der Waals surface area contributed by atoms with Gasteiger partial charge in [-0.1, -0.05) is 24.3 Å². The molecular weight excluding hydrogens is 368 g/mol. The Morgan fingerprint density at radius 3 is 2.79 bits per heavy atom. The van der Waals surface area contributed by atoms with Crippen molar-refractivity contribution in [2.45, 2.75) is 12.5 Å². The molecule has 0 radical (unpaired) electrons. The zero-order valence-corrected chi connectivity index (χ0v) is 16.3.